The van der Waals surface area contributed by atoms with Crippen LogP contribution >= 0.6 is 0 Å². The molecule has 1 amide bonds. The number of carbonyl (C=O) groups excluding carboxylic acids is 2. The third kappa shape index (κ3) is 3.05. The quantitative estimate of drug-likeness (QED) is 0.574. The molecular formula is C27H43NO2. The Bertz CT molecular complexity index is 722. The number of hydrogen-bond donors (Lipinski definition) is 1. The number of Topliss-reactive ketones (excluding diaryl/α,β-unsaturated/α-hetero) is 1. The van der Waals surface area contributed by atoms with Crippen molar-refractivity contribution in [2.45, 2.75) is 105 Å². The van der Waals surface area contributed by atoms with E-state index in [1.165, 1.54) is 25.7 Å². The van der Waals surface area contributed by atoms with Gasteiger partial charge in [0.25, 0.3) is 0 Å². The molecule has 168 valence electrons. The second kappa shape index (κ2) is 7.78. The smallest absolute Gasteiger partial charge is 0.243 e. The molecule has 7 atom stereocenters. The molecule has 1 aliphatic heterocycles. The monoisotopic (exact) mass is 413 g/mol. The summed E-state index contributed by atoms with van der Waals surface area (Å²) in [5.74, 6) is 2.94. The van der Waals surface area contributed by atoms with E-state index in [1.807, 2.05) is 0 Å². The maximum atomic E-state index is 14.0. The lowest BCUT2D eigenvalue weighted by molar-refractivity contribution is -0.142. The molecule has 3 nitrogen and oxygen atoms in total. The van der Waals surface area contributed by atoms with Crippen LogP contribution in [0.4, 0.5) is 0 Å². The highest BCUT2D eigenvalue weighted by Crippen LogP contribution is 2.66. The fourth-order valence-corrected chi connectivity index (χ4v) is 8.69. The summed E-state index contributed by atoms with van der Waals surface area (Å²) in [5, 5.41) is 3.26. The number of hydrogen-bond acceptors (Lipinski definition) is 2. The van der Waals surface area contributed by atoms with Gasteiger partial charge in [0.15, 0.2) is 0 Å². The Balaban J connectivity index is 1.61. The molecule has 0 aromatic heterocycles. The van der Waals surface area contributed by atoms with E-state index in [-0.39, 0.29) is 34.1 Å². The van der Waals surface area contributed by atoms with Gasteiger partial charge < -0.3 is 5.32 Å². The van der Waals surface area contributed by atoms with Gasteiger partial charge in [-0.3, -0.25) is 9.59 Å². The van der Waals surface area contributed by atoms with Gasteiger partial charge in [-0.25, -0.2) is 0 Å². The largest absolute Gasteiger partial charge is 0.349 e. The number of carbonyl (C=O) groups is 2. The van der Waals surface area contributed by atoms with E-state index in [0.717, 1.165) is 38.5 Å². The van der Waals surface area contributed by atoms with Gasteiger partial charge in [-0.15, -0.1) is 0 Å². The molecule has 0 spiro atoms. The Morgan fingerprint density at radius 2 is 1.80 bits per heavy atom. The lowest BCUT2D eigenvalue weighted by atomic mass is 9.47. The molecule has 0 unspecified atom stereocenters. The summed E-state index contributed by atoms with van der Waals surface area (Å²) in [6.45, 7) is 11.5. The maximum Gasteiger partial charge on any atom is 0.243 e. The predicted molar refractivity (Wildman–Crippen MR) is 122 cm³/mol. The summed E-state index contributed by atoms with van der Waals surface area (Å²) in [5.41, 5.74) is 0.152. The van der Waals surface area contributed by atoms with E-state index in [1.54, 1.807) is 6.08 Å². The van der Waals surface area contributed by atoms with Crippen molar-refractivity contribution >= 4 is 11.7 Å². The first kappa shape index (κ1) is 22.1. The van der Waals surface area contributed by atoms with E-state index in [4.69, 9.17) is 0 Å². The van der Waals surface area contributed by atoms with E-state index < -0.39 is 0 Å². The first-order chi connectivity index (χ1) is 14.3. The van der Waals surface area contributed by atoms with Crippen molar-refractivity contribution in [2.75, 3.05) is 0 Å². The van der Waals surface area contributed by atoms with Gasteiger partial charge in [0.1, 0.15) is 5.78 Å². The zero-order valence-corrected chi connectivity index (χ0v) is 19.9. The van der Waals surface area contributed by atoms with Gasteiger partial charge in [-0.1, -0.05) is 47.1 Å². The molecule has 0 saturated heterocycles. The minimum Gasteiger partial charge on any atom is -0.349 e. The lowest BCUT2D eigenvalue weighted by Gasteiger charge is -2.59. The first-order valence-electron chi connectivity index (χ1n) is 12.8. The van der Waals surface area contributed by atoms with Crippen molar-refractivity contribution in [1.82, 2.24) is 5.32 Å². The van der Waals surface area contributed by atoms with Crippen LogP contribution in [0.3, 0.4) is 0 Å². The molecule has 3 fully saturated rings. The summed E-state index contributed by atoms with van der Waals surface area (Å²) in [7, 11) is 0. The van der Waals surface area contributed by atoms with Crippen molar-refractivity contribution in [3.8, 4) is 0 Å². The van der Waals surface area contributed by atoms with Crippen molar-refractivity contribution in [3.63, 3.8) is 0 Å². The second-order valence-corrected chi connectivity index (χ2v) is 11.5. The minimum absolute atomic E-state index is 0.0782. The van der Waals surface area contributed by atoms with Crippen LogP contribution in [0.25, 0.3) is 0 Å². The van der Waals surface area contributed by atoms with Gasteiger partial charge in [0.05, 0.1) is 0 Å². The summed E-state index contributed by atoms with van der Waals surface area (Å²) in [6.07, 6.45) is 15.1. The zero-order valence-electron chi connectivity index (χ0n) is 19.9. The Kier molecular flexibility index (Phi) is 5.73. The first-order valence-corrected chi connectivity index (χ1v) is 12.8. The van der Waals surface area contributed by atoms with Crippen LogP contribution in [0, 0.1) is 39.9 Å². The number of ketones is 1. The van der Waals surface area contributed by atoms with Gasteiger partial charge in [0, 0.05) is 22.8 Å². The van der Waals surface area contributed by atoms with Crippen LogP contribution in [0.1, 0.15) is 98.8 Å². The van der Waals surface area contributed by atoms with Crippen LogP contribution in [0.5, 0.6) is 0 Å². The van der Waals surface area contributed by atoms with Crippen LogP contribution < -0.4 is 5.32 Å². The normalized spacial score (nSPS) is 42.8. The number of rotatable bonds is 6. The average molecular weight is 414 g/mol. The van der Waals surface area contributed by atoms with Gasteiger partial charge >= 0.3 is 0 Å². The SMILES string of the molecule is CCCC(CC)(CC)C(=O)[C@H]1CC[C@H]2[C@@H]3CC[C@H]4NC(=O)C=C[C@]4(C)[C@H]3CC[C@]12C. The van der Waals surface area contributed by atoms with Crippen molar-refractivity contribution in [2.24, 2.45) is 39.9 Å². The summed E-state index contributed by atoms with van der Waals surface area (Å²) < 4.78 is 0. The molecule has 0 radical (unpaired) electrons. The van der Waals surface area contributed by atoms with Crippen LogP contribution in [0.2, 0.25) is 0 Å². The Hall–Kier alpha value is -1.12. The third-order valence-corrected chi connectivity index (χ3v) is 10.6. The molecule has 3 saturated carbocycles. The highest BCUT2D eigenvalue weighted by atomic mass is 16.1. The van der Waals surface area contributed by atoms with E-state index in [0.29, 0.717) is 23.5 Å². The minimum atomic E-state index is -0.103. The van der Waals surface area contributed by atoms with Crippen molar-refractivity contribution in [3.05, 3.63) is 12.2 Å². The summed E-state index contributed by atoms with van der Waals surface area (Å²) >= 11 is 0. The molecule has 1 N–H and O–H groups in total. The summed E-state index contributed by atoms with van der Waals surface area (Å²) in [6, 6.07) is 0.289. The fourth-order valence-electron chi connectivity index (χ4n) is 8.69. The van der Waals surface area contributed by atoms with E-state index in [2.05, 4.69) is 46.0 Å². The van der Waals surface area contributed by atoms with Gasteiger partial charge in [-0.2, -0.15) is 0 Å². The average Bonchev–Trinajstić information content (AvgIpc) is 3.09. The van der Waals surface area contributed by atoms with E-state index >= 15 is 0 Å². The van der Waals surface area contributed by atoms with E-state index in [9.17, 15) is 9.59 Å². The number of nitrogens with one attached hydrogen (secondary N) is 1. The molecule has 0 bridgehead atoms. The summed E-state index contributed by atoms with van der Waals surface area (Å²) in [4.78, 5) is 25.9. The van der Waals surface area contributed by atoms with Gasteiger partial charge in [-0.05, 0) is 87.0 Å². The van der Waals surface area contributed by atoms with Crippen LogP contribution in [-0.4, -0.2) is 17.7 Å². The number of fused-ring (bicyclic) bond motifs is 5. The molecule has 1 heterocycles. The predicted octanol–water partition coefficient (Wildman–Crippen LogP) is 6.08. The molecule has 3 aliphatic carbocycles. The van der Waals surface area contributed by atoms with Gasteiger partial charge in [0.2, 0.25) is 5.91 Å². The standard InChI is InChI=1S/C27H43NO2/c1-6-15-27(7-2,8-3)24(30)21-11-10-19-18-9-12-22-26(5,17-14-23(29)28-22)20(18)13-16-25(19,21)4/h14,17-22H,6-13,15-16H2,1-5H3,(H,28,29)/t18-,19-,20-,21+,22+,25-,26+/m0/s1. The Morgan fingerprint density at radius 1 is 1.07 bits per heavy atom. The molecular weight excluding hydrogens is 370 g/mol. The van der Waals surface area contributed by atoms with Crippen LogP contribution in [0.15, 0.2) is 12.2 Å². The highest BCUT2D eigenvalue weighted by Gasteiger charge is 2.61. The highest BCUT2D eigenvalue weighted by molar-refractivity contribution is 5.89. The Labute approximate surface area is 183 Å². The Morgan fingerprint density at radius 3 is 2.47 bits per heavy atom. The number of amides is 1. The van der Waals surface area contributed by atoms with Crippen LogP contribution in [-0.2, 0) is 9.59 Å². The van der Waals surface area contributed by atoms with Crippen molar-refractivity contribution in [1.29, 1.82) is 0 Å². The third-order valence-electron chi connectivity index (χ3n) is 10.6. The second-order valence-electron chi connectivity index (χ2n) is 11.5. The lowest BCUT2D eigenvalue weighted by Crippen LogP contribution is -2.59. The molecule has 3 heteroatoms. The molecule has 4 aliphatic rings. The topological polar surface area (TPSA) is 46.2 Å². The molecule has 0 aromatic carbocycles. The molecule has 0 aromatic rings. The molecule has 4 rings (SSSR count). The fraction of sp³-hybridized carbons (Fsp3) is 0.852. The zero-order chi connectivity index (χ0) is 21.7. The molecule has 30 heavy (non-hydrogen) atoms. The maximum absolute atomic E-state index is 14.0. The van der Waals surface area contributed by atoms with Crippen molar-refractivity contribution < 1.29 is 9.59 Å².